The fourth-order valence-electron chi connectivity index (χ4n) is 3.08. The van der Waals surface area contributed by atoms with Crippen LogP contribution in [0, 0.1) is 0 Å². The van der Waals surface area contributed by atoms with Crippen LogP contribution in [0.1, 0.15) is 69.3 Å². The summed E-state index contributed by atoms with van der Waals surface area (Å²) in [5.41, 5.74) is 3.03. The first-order valence-electron chi connectivity index (χ1n) is 9.11. The van der Waals surface area contributed by atoms with Gasteiger partial charge in [0.1, 0.15) is 0 Å². The maximum Gasteiger partial charge on any atom is 0.196 e. The molecule has 0 N–H and O–H groups in total. The lowest BCUT2D eigenvalue weighted by atomic mass is 9.82. The van der Waals surface area contributed by atoms with Crippen molar-refractivity contribution < 1.29 is 4.57 Å². The summed E-state index contributed by atoms with van der Waals surface area (Å²) in [6, 6.07) is 8.71. The van der Waals surface area contributed by atoms with Gasteiger partial charge in [-0.25, -0.2) is 0 Å². The van der Waals surface area contributed by atoms with E-state index in [-0.39, 0.29) is 11.0 Å². The first-order chi connectivity index (χ1) is 12.2. The smallest absolute Gasteiger partial charge is 0.196 e. The van der Waals surface area contributed by atoms with Crippen LogP contribution in [-0.2, 0) is 11.0 Å². The van der Waals surface area contributed by atoms with Gasteiger partial charge < -0.3 is 0 Å². The number of nitrogens with zero attached hydrogens (tertiary/aromatic N) is 3. The molecule has 0 fully saturated rings. The maximum atomic E-state index is 4.69. The molecule has 0 unspecified atom stereocenters. The lowest BCUT2D eigenvalue weighted by Crippen LogP contribution is -2.52. The minimum atomic E-state index is -0.186. The molecule has 0 saturated heterocycles. The minimum Gasteiger partial charge on any atom is -0.257 e. The van der Waals surface area contributed by atoms with E-state index in [1.807, 2.05) is 12.4 Å². The van der Waals surface area contributed by atoms with Crippen molar-refractivity contribution in [3.05, 3.63) is 76.3 Å². The summed E-state index contributed by atoms with van der Waals surface area (Å²) in [6.45, 7) is 13.2. The number of aromatic nitrogens is 3. The van der Waals surface area contributed by atoms with E-state index in [2.05, 4.69) is 93.1 Å². The van der Waals surface area contributed by atoms with Crippen LogP contribution in [0.3, 0.4) is 0 Å². The van der Waals surface area contributed by atoms with Crippen molar-refractivity contribution in [2.24, 2.45) is 0 Å². The average Bonchev–Trinajstić information content (AvgIpc) is 3.17. The lowest BCUT2D eigenvalue weighted by Gasteiger charge is -2.25. The molecule has 0 saturated carbocycles. The zero-order valence-corrected chi connectivity index (χ0v) is 17.3. The number of hydrogen-bond acceptors (Lipinski definition) is 3. The van der Waals surface area contributed by atoms with Gasteiger partial charge in [0, 0.05) is 43.8 Å². The highest BCUT2D eigenvalue weighted by Crippen LogP contribution is 2.30. The van der Waals surface area contributed by atoms with Crippen LogP contribution in [0.5, 0.6) is 0 Å². The quantitative estimate of drug-likeness (QED) is 0.591. The summed E-state index contributed by atoms with van der Waals surface area (Å²) in [4.78, 5) is 10.6. The van der Waals surface area contributed by atoms with Crippen molar-refractivity contribution in [2.75, 3.05) is 0 Å². The van der Waals surface area contributed by atoms with E-state index in [0.717, 1.165) is 11.4 Å². The van der Waals surface area contributed by atoms with Gasteiger partial charge in [0.15, 0.2) is 17.9 Å². The predicted molar refractivity (Wildman–Crippen MR) is 108 cm³/mol. The number of thiophene rings is 1. The van der Waals surface area contributed by atoms with Crippen molar-refractivity contribution in [1.29, 1.82) is 0 Å². The fraction of sp³-hybridized carbons (Fsp3) is 0.409. The van der Waals surface area contributed by atoms with E-state index >= 15 is 0 Å². The van der Waals surface area contributed by atoms with Crippen molar-refractivity contribution >= 4 is 11.3 Å². The molecule has 3 aromatic rings. The van der Waals surface area contributed by atoms with Crippen molar-refractivity contribution in [3.63, 3.8) is 0 Å². The van der Waals surface area contributed by atoms with Crippen molar-refractivity contribution in [2.45, 2.75) is 58.4 Å². The molecule has 0 bridgehead atoms. The highest BCUT2D eigenvalue weighted by molar-refractivity contribution is 7.10. The Morgan fingerprint density at radius 3 is 2.15 bits per heavy atom. The molecule has 3 heterocycles. The Morgan fingerprint density at radius 2 is 1.65 bits per heavy atom. The lowest BCUT2D eigenvalue weighted by molar-refractivity contribution is -0.746. The van der Waals surface area contributed by atoms with Gasteiger partial charge in [-0.15, -0.1) is 11.3 Å². The third-order valence-corrected chi connectivity index (χ3v) is 6.41. The van der Waals surface area contributed by atoms with E-state index in [0.29, 0.717) is 5.92 Å². The third-order valence-electron chi connectivity index (χ3n) is 5.22. The van der Waals surface area contributed by atoms with E-state index in [1.165, 1.54) is 10.4 Å². The molecule has 0 spiro atoms. The zero-order chi connectivity index (χ0) is 18.9. The molecule has 4 heteroatoms. The molecule has 0 aliphatic rings. The Hall–Kier alpha value is -2.07. The molecule has 0 aromatic carbocycles. The molecule has 3 rings (SSSR count). The molecule has 3 nitrogen and oxygen atoms in total. The van der Waals surface area contributed by atoms with Crippen LogP contribution >= 0.6 is 11.3 Å². The molecular formula is C22H28N3S+. The maximum absolute atomic E-state index is 4.69. The van der Waals surface area contributed by atoms with E-state index in [9.17, 15) is 0 Å². The Kier molecular flexibility index (Phi) is 4.98. The van der Waals surface area contributed by atoms with Gasteiger partial charge >= 0.3 is 0 Å². The molecule has 0 amide bonds. The molecule has 0 atom stereocenters. The summed E-state index contributed by atoms with van der Waals surface area (Å²) < 4.78 is 2.27. The Balaban J connectivity index is 1.89. The topological polar surface area (TPSA) is 29.7 Å². The zero-order valence-electron chi connectivity index (χ0n) is 16.5. The van der Waals surface area contributed by atoms with Gasteiger partial charge in [-0.05, 0) is 22.9 Å². The van der Waals surface area contributed by atoms with Crippen LogP contribution < -0.4 is 4.57 Å². The van der Waals surface area contributed by atoms with Crippen LogP contribution in [0.4, 0.5) is 0 Å². The molecule has 0 aliphatic heterocycles. The second kappa shape index (κ2) is 6.92. The van der Waals surface area contributed by atoms with E-state index in [1.54, 1.807) is 11.3 Å². The Bertz CT molecular complexity index is 845. The predicted octanol–water partition coefficient (Wildman–Crippen LogP) is 5.06. The summed E-state index contributed by atoms with van der Waals surface area (Å²) in [5.74, 6) is 0.398. The van der Waals surface area contributed by atoms with Gasteiger partial charge in [0.2, 0.25) is 0 Å². The number of rotatable bonds is 5. The molecule has 0 aliphatic carbocycles. The van der Waals surface area contributed by atoms with Crippen molar-refractivity contribution in [1.82, 2.24) is 9.97 Å². The van der Waals surface area contributed by atoms with Gasteiger partial charge in [-0.3, -0.25) is 9.97 Å². The largest absolute Gasteiger partial charge is 0.257 e. The SMILES string of the molecule is CC(C)c1cnc(C(C)(C)c2cc[n+](C(C)(C)c3cccs3)cc2)cn1. The second-order valence-electron chi connectivity index (χ2n) is 8.14. The van der Waals surface area contributed by atoms with Gasteiger partial charge in [-0.1, -0.05) is 33.8 Å². The molecular weight excluding hydrogens is 338 g/mol. The van der Waals surface area contributed by atoms with Gasteiger partial charge in [0.05, 0.1) is 16.3 Å². The summed E-state index contributed by atoms with van der Waals surface area (Å²) in [6.07, 6.45) is 8.18. The first kappa shape index (κ1) is 18.7. The fourth-order valence-corrected chi connectivity index (χ4v) is 3.93. The normalized spacial score (nSPS) is 12.6. The molecule has 136 valence electrons. The van der Waals surface area contributed by atoms with E-state index < -0.39 is 0 Å². The molecule has 0 radical (unpaired) electrons. The standard InChI is InChI=1S/C22H28N3S/c1-16(2)18-14-24-19(15-23-18)21(3,4)17-9-11-25(12-10-17)22(5,6)20-8-7-13-26-20/h7-16H,1-6H3/q+1. The summed E-state index contributed by atoms with van der Waals surface area (Å²) in [7, 11) is 0. The average molecular weight is 367 g/mol. The summed E-state index contributed by atoms with van der Waals surface area (Å²) >= 11 is 1.80. The van der Waals surface area contributed by atoms with Crippen LogP contribution in [-0.4, -0.2) is 9.97 Å². The number of hydrogen-bond donors (Lipinski definition) is 0. The Labute approximate surface area is 160 Å². The van der Waals surface area contributed by atoms with Gasteiger partial charge in [-0.2, -0.15) is 4.57 Å². The van der Waals surface area contributed by atoms with Gasteiger partial charge in [0.25, 0.3) is 0 Å². The van der Waals surface area contributed by atoms with Crippen LogP contribution in [0.15, 0.2) is 54.4 Å². The second-order valence-corrected chi connectivity index (χ2v) is 9.08. The third kappa shape index (κ3) is 3.43. The number of pyridine rings is 1. The molecule has 26 heavy (non-hydrogen) atoms. The summed E-state index contributed by atoms with van der Waals surface area (Å²) in [5, 5.41) is 2.13. The monoisotopic (exact) mass is 366 g/mol. The van der Waals surface area contributed by atoms with E-state index in [4.69, 9.17) is 4.98 Å². The highest BCUT2D eigenvalue weighted by atomic mass is 32.1. The first-order valence-corrected chi connectivity index (χ1v) is 9.99. The highest BCUT2D eigenvalue weighted by Gasteiger charge is 2.33. The Morgan fingerprint density at radius 1 is 0.962 bits per heavy atom. The van der Waals surface area contributed by atoms with Crippen molar-refractivity contribution in [3.8, 4) is 0 Å². The molecule has 3 aromatic heterocycles. The van der Waals surface area contributed by atoms with Crippen LogP contribution in [0.2, 0.25) is 0 Å². The van der Waals surface area contributed by atoms with Crippen LogP contribution in [0.25, 0.3) is 0 Å². The minimum absolute atomic E-state index is 0.0600.